The van der Waals surface area contributed by atoms with E-state index in [0.717, 1.165) is 5.56 Å². The smallest absolute Gasteiger partial charge is 0.135 e. The topological polar surface area (TPSA) is 58.0 Å². The average molecular weight is 235 g/mol. The van der Waals surface area contributed by atoms with Gasteiger partial charge in [-0.3, -0.25) is 0 Å². The minimum Gasteiger partial charge on any atom is -0.366 e. The summed E-state index contributed by atoms with van der Waals surface area (Å²) in [4.78, 5) is 2.51. The number of halogens is 1. The van der Waals surface area contributed by atoms with Gasteiger partial charge in [-0.2, -0.15) is 0 Å². The molecular weight excluding hydrogens is 221 g/mol. The quantitative estimate of drug-likeness (QED) is 0.309. The van der Waals surface area contributed by atoms with Gasteiger partial charge >= 0.3 is 0 Å². The molecule has 5 heteroatoms. The van der Waals surface area contributed by atoms with Crippen molar-refractivity contribution in [3.8, 4) is 0 Å². The third-order valence-corrected chi connectivity index (χ3v) is 2.19. The fourth-order valence-electron chi connectivity index (χ4n) is 1.31. The summed E-state index contributed by atoms with van der Waals surface area (Å²) in [6.45, 7) is 3.55. The van der Waals surface area contributed by atoms with Crippen molar-refractivity contribution in [1.29, 1.82) is 0 Å². The Labute approximate surface area is 99.3 Å². The first-order valence-corrected chi connectivity index (χ1v) is 5.21. The van der Waals surface area contributed by atoms with Gasteiger partial charge in [0.1, 0.15) is 12.3 Å². The van der Waals surface area contributed by atoms with E-state index < -0.39 is 12.3 Å². The lowest BCUT2D eigenvalue weighted by atomic mass is 10.2. The van der Waals surface area contributed by atoms with Crippen molar-refractivity contribution < 1.29 is 9.13 Å². The molecule has 0 N–H and O–H groups in total. The summed E-state index contributed by atoms with van der Waals surface area (Å²) in [6, 6.07) is 9.44. The lowest BCUT2D eigenvalue weighted by molar-refractivity contribution is 0.0211. The van der Waals surface area contributed by atoms with Crippen molar-refractivity contribution in [2.45, 2.75) is 18.9 Å². The maximum absolute atomic E-state index is 13.5. The number of ether oxygens (including phenoxy) is 1. The Hall–Kier alpha value is -1.84. The summed E-state index contributed by atoms with van der Waals surface area (Å²) >= 11 is 0. The third kappa shape index (κ3) is 4.68. The Morgan fingerprint density at radius 3 is 2.76 bits per heavy atom. The van der Waals surface area contributed by atoms with Gasteiger partial charge in [0.2, 0.25) is 0 Å². The Morgan fingerprint density at radius 2 is 2.18 bits per heavy atom. The number of hydrogen-bond donors (Lipinski definition) is 0. The van der Waals surface area contributed by atoms with Crippen molar-refractivity contribution >= 4 is 0 Å². The van der Waals surface area contributed by atoms with Crippen LogP contribution in [-0.2, 0) is 11.3 Å². The van der Waals surface area contributed by atoms with Gasteiger partial charge in [0.15, 0.2) is 0 Å². The fourth-order valence-corrected chi connectivity index (χ4v) is 1.31. The van der Waals surface area contributed by atoms with Gasteiger partial charge in [0, 0.05) is 4.91 Å². The van der Waals surface area contributed by atoms with Crippen LogP contribution in [0.2, 0.25) is 0 Å². The van der Waals surface area contributed by atoms with E-state index >= 15 is 0 Å². The van der Waals surface area contributed by atoms with Crippen LogP contribution in [0.4, 0.5) is 4.39 Å². The molecule has 2 atom stereocenters. The fraction of sp³-hybridized carbons (Fsp3) is 0.333. The van der Waals surface area contributed by atoms with Crippen LogP contribution in [0, 0.1) is 0 Å². The van der Waals surface area contributed by atoms with Crippen LogP contribution in [0.1, 0.15) is 5.56 Å². The number of hydrogen-bond acceptors (Lipinski definition) is 2. The highest BCUT2D eigenvalue weighted by Crippen LogP contribution is 2.10. The van der Waals surface area contributed by atoms with Crippen molar-refractivity contribution in [3.05, 3.63) is 59.0 Å². The molecule has 17 heavy (non-hydrogen) atoms. The minimum absolute atomic E-state index is 0.248. The van der Waals surface area contributed by atoms with E-state index in [-0.39, 0.29) is 6.54 Å². The molecular formula is C12H14FN3O. The van der Waals surface area contributed by atoms with E-state index in [1.54, 1.807) is 0 Å². The standard InChI is InChI=1S/C12H14FN3O/c1-2-12(11(13)8-15-16-14)17-9-10-6-4-3-5-7-10/h2-7,11-12H,1,8-9H2/t11-,12-/m1/s1. The summed E-state index contributed by atoms with van der Waals surface area (Å²) in [5, 5.41) is 3.17. The van der Waals surface area contributed by atoms with Gasteiger partial charge in [-0.15, -0.1) is 6.58 Å². The molecule has 0 fully saturated rings. The number of benzene rings is 1. The number of rotatable bonds is 7. The number of alkyl halides is 1. The molecule has 0 saturated heterocycles. The first kappa shape index (κ1) is 13.2. The molecule has 1 rings (SSSR count). The van der Waals surface area contributed by atoms with Gasteiger partial charge < -0.3 is 4.74 Å². The van der Waals surface area contributed by atoms with Crippen LogP contribution in [0.25, 0.3) is 10.4 Å². The molecule has 1 aromatic rings. The highest BCUT2D eigenvalue weighted by Gasteiger charge is 2.17. The van der Waals surface area contributed by atoms with Crippen LogP contribution in [0.15, 0.2) is 48.1 Å². The molecule has 0 aromatic heterocycles. The summed E-state index contributed by atoms with van der Waals surface area (Å²) in [5.74, 6) is 0. The van der Waals surface area contributed by atoms with Crippen molar-refractivity contribution in [2.75, 3.05) is 6.54 Å². The van der Waals surface area contributed by atoms with Crippen LogP contribution in [0.5, 0.6) is 0 Å². The predicted octanol–water partition coefficient (Wildman–Crippen LogP) is 3.41. The van der Waals surface area contributed by atoms with Gasteiger partial charge in [-0.1, -0.05) is 41.5 Å². The highest BCUT2D eigenvalue weighted by molar-refractivity contribution is 5.13. The molecule has 0 saturated carbocycles. The lowest BCUT2D eigenvalue weighted by Gasteiger charge is -2.16. The highest BCUT2D eigenvalue weighted by atomic mass is 19.1. The molecule has 1 aromatic carbocycles. The molecule has 0 aliphatic rings. The van der Waals surface area contributed by atoms with Crippen molar-refractivity contribution in [2.24, 2.45) is 5.11 Å². The largest absolute Gasteiger partial charge is 0.366 e. The minimum atomic E-state index is -1.37. The lowest BCUT2D eigenvalue weighted by Crippen LogP contribution is -2.25. The second kappa shape index (κ2) is 7.44. The number of nitrogens with zero attached hydrogens (tertiary/aromatic N) is 3. The molecule has 0 aliphatic carbocycles. The average Bonchev–Trinajstić information content (AvgIpc) is 2.38. The molecule has 0 radical (unpaired) electrons. The number of azide groups is 1. The van der Waals surface area contributed by atoms with E-state index in [4.69, 9.17) is 10.3 Å². The normalized spacial score (nSPS) is 13.5. The summed E-state index contributed by atoms with van der Waals surface area (Å²) in [6.07, 6.45) is -0.756. The molecule has 90 valence electrons. The Kier molecular flexibility index (Phi) is 5.79. The monoisotopic (exact) mass is 235 g/mol. The van der Waals surface area contributed by atoms with Crippen LogP contribution in [-0.4, -0.2) is 18.8 Å². The molecule has 0 unspecified atom stereocenters. The molecule has 0 amide bonds. The Bertz CT molecular complexity index is 390. The van der Waals surface area contributed by atoms with Crippen molar-refractivity contribution in [1.82, 2.24) is 0 Å². The summed E-state index contributed by atoms with van der Waals surface area (Å²) in [7, 11) is 0. The Morgan fingerprint density at radius 1 is 1.47 bits per heavy atom. The second-order valence-electron chi connectivity index (χ2n) is 3.43. The predicted molar refractivity (Wildman–Crippen MR) is 64.1 cm³/mol. The van der Waals surface area contributed by atoms with Gasteiger partial charge in [-0.25, -0.2) is 4.39 Å². The summed E-state index contributed by atoms with van der Waals surface area (Å²) in [5.41, 5.74) is 9.06. The Balaban J connectivity index is 2.47. The first-order valence-electron chi connectivity index (χ1n) is 5.21. The zero-order chi connectivity index (χ0) is 12.5. The molecule has 0 bridgehead atoms. The van der Waals surface area contributed by atoms with Gasteiger partial charge in [0.05, 0.1) is 13.2 Å². The van der Waals surface area contributed by atoms with Crippen LogP contribution >= 0.6 is 0 Å². The second-order valence-corrected chi connectivity index (χ2v) is 3.43. The SMILES string of the molecule is C=C[C@@H](OCc1ccccc1)[C@H](F)CN=[N+]=[N-]. The molecule has 0 spiro atoms. The zero-order valence-electron chi connectivity index (χ0n) is 9.37. The zero-order valence-corrected chi connectivity index (χ0v) is 9.37. The van der Waals surface area contributed by atoms with E-state index in [2.05, 4.69) is 16.6 Å². The van der Waals surface area contributed by atoms with Crippen LogP contribution in [0.3, 0.4) is 0 Å². The van der Waals surface area contributed by atoms with E-state index in [9.17, 15) is 4.39 Å². The third-order valence-electron chi connectivity index (χ3n) is 2.19. The van der Waals surface area contributed by atoms with E-state index in [1.165, 1.54) is 6.08 Å². The maximum Gasteiger partial charge on any atom is 0.135 e. The molecule has 0 heterocycles. The van der Waals surface area contributed by atoms with Crippen molar-refractivity contribution in [3.63, 3.8) is 0 Å². The first-order chi connectivity index (χ1) is 8.27. The summed E-state index contributed by atoms with van der Waals surface area (Å²) < 4.78 is 18.9. The van der Waals surface area contributed by atoms with E-state index in [1.807, 2.05) is 30.3 Å². The molecule has 0 aliphatic heterocycles. The van der Waals surface area contributed by atoms with Gasteiger partial charge in [-0.05, 0) is 11.1 Å². The van der Waals surface area contributed by atoms with Gasteiger partial charge in [0.25, 0.3) is 0 Å². The maximum atomic E-state index is 13.5. The van der Waals surface area contributed by atoms with Crippen LogP contribution < -0.4 is 0 Å². The molecule has 4 nitrogen and oxygen atoms in total. The van der Waals surface area contributed by atoms with E-state index in [0.29, 0.717) is 6.61 Å².